The molecule has 0 aromatic heterocycles. The van der Waals surface area contributed by atoms with Crippen molar-refractivity contribution in [1.82, 2.24) is 0 Å². The van der Waals surface area contributed by atoms with E-state index in [1.807, 2.05) is 60.7 Å². The number of aliphatic hydroxyl groups is 2. The molecule has 3 rings (SSSR count). The topological polar surface area (TPSA) is 40.5 Å². The average Bonchev–Trinajstić information content (AvgIpc) is 2.52. The van der Waals surface area contributed by atoms with Gasteiger partial charge in [-0.15, -0.1) is 0 Å². The molecule has 1 fully saturated rings. The normalized spacial score (nSPS) is 30.1. The van der Waals surface area contributed by atoms with Crippen LogP contribution >= 0.6 is 0 Å². The van der Waals surface area contributed by atoms with Crippen molar-refractivity contribution in [3.63, 3.8) is 0 Å². The van der Waals surface area contributed by atoms with Crippen LogP contribution in [0.4, 0.5) is 0 Å². The third kappa shape index (κ3) is 1.96. The van der Waals surface area contributed by atoms with Crippen LogP contribution < -0.4 is 0 Å². The maximum atomic E-state index is 11.3. The SMILES string of the molecule is O[C@@]1(c2ccccc2)CCCC[C@@]1(O)c1ccccc1. The van der Waals surface area contributed by atoms with Crippen molar-refractivity contribution in [3.05, 3.63) is 71.8 Å². The first-order valence-corrected chi connectivity index (χ1v) is 7.23. The van der Waals surface area contributed by atoms with Crippen LogP contribution in [0.5, 0.6) is 0 Å². The Balaban J connectivity index is 2.12. The zero-order valence-electron chi connectivity index (χ0n) is 11.5. The molecule has 2 N–H and O–H groups in total. The summed E-state index contributed by atoms with van der Waals surface area (Å²) in [6, 6.07) is 19.1. The Kier molecular flexibility index (Phi) is 3.36. The summed E-state index contributed by atoms with van der Waals surface area (Å²) in [5.74, 6) is 0. The van der Waals surface area contributed by atoms with E-state index in [4.69, 9.17) is 0 Å². The largest absolute Gasteiger partial charge is 0.382 e. The summed E-state index contributed by atoms with van der Waals surface area (Å²) >= 11 is 0. The first-order chi connectivity index (χ1) is 9.67. The highest BCUT2D eigenvalue weighted by atomic mass is 16.4. The number of hydrogen-bond acceptors (Lipinski definition) is 2. The van der Waals surface area contributed by atoms with E-state index in [1.165, 1.54) is 0 Å². The zero-order valence-corrected chi connectivity index (χ0v) is 11.5. The van der Waals surface area contributed by atoms with Crippen LogP contribution in [0, 0.1) is 0 Å². The van der Waals surface area contributed by atoms with Crippen molar-refractivity contribution in [3.8, 4) is 0 Å². The molecule has 1 saturated carbocycles. The van der Waals surface area contributed by atoms with Gasteiger partial charge in [-0.05, 0) is 36.8 Å². The van der Waals surface area contributed by atoms with E-state index in [9.17, 15) is 10.2 Å². The molecule has 0 bridgehead atoms. The lowest BCUT2D eigenvalue weighted by Gasteiger charge is -2.47. The van der Waals surface area contributed by atoms with Gasteiger partial charge in [-0.3, -0.25) is 0 Å². The molecule has 0 radical (unpaired) electrons. The molecule has 104 valence electrons. The minimum atomic E-state index is -1.21. The molecule has 2 atom stereocenters. The van der Waals surface area contributed by atoms with Gasteiger partial charge in [0.2, 0.25) is 0 Å². The number of rotatable bonds is 2. The Morgan fingerprint density at radius 3 is 1.30 bits per heavy atom. The molecule has 2 aromatic carbocycles. The second-order valence-electron chi connectivity index (χ2n) is 5.66. The molecule has 0 spiro atoms. The van der Waals surface area contributed by atoms with Gasteiger partial charge in [0.15, 0.2) is 0 Å². The van der Waals surface area contributed by atoms with Crippen LogP contribution in [0.3, 0.4) is 0 Å². The molecule has 2 heteroatoms. The molecule has 0 heterocycles. The van der Waals surface area contributed by atoms with Gasteiger partial charge in [0, 0.05) is 0 Å². The van der Waals surface area contributed by atoms with Crippen LogP contribution in [-0.2, 0) is 11.2 Å². The molecule has 0 saturated heterocycles. The van der Waals surface area contributed by atoms with Gasteiger partial charge in [-0.2, -0.15) is 0 Å². The fourth-order valence-corrected chi connectivity index (χ4v) is 3.37. The highest BCUT2D eigenvalue weighted by molar-refractivity contribution is 5.34. The van der Waals surface area contributed by atoms with Crippen LogP contribution in [0.1, 0.15) is 36.8 Å². The first kappa shape index (κ1) is 13.3. The van der Waals surface area contributed by atoms with Gasteiger partial charge in [-0.1, -0.05) is 60.7 Å². The maximum Gasteiger partial charge on any atom is 0.122 e. The monoisotopic (exact) mass is 268 g/mol. The Labute approximate surface area is 119 Å². The lowest BCUT2D eigenvalue weighted by atomic mass is 9.65. The van der Waals surface area contributed by atoms with E-state index in [-0.39, 0.29) is 0 Å². The van der Waals surface area contributed by atoms with E-state index < -0.39 is 11.2 Å². The zero-order chi connectivity index (χ0) is 14.1. The second kappa shape index (κ2) is 5.04. The van der Waals surface area contributed by atoms with Gasteiger partial charge >= 0.3 is 0 Å². The van der Waals surface area contributed by atoms with Crippen LogP contribution in [0.2, 0.25) is 0 Å². The summed E-state index contributed by atoms with van der Waals surface area (Å²) in [4.78, 5) is 0. The molecule has 1 aliphatic rings. The smallest absolute Gasteiger partial charge is 0.122 e. The summed E-state index contributed by atoms with van der Waals surface area (Å²) < 4.78 is 0. The van der Waals surface area contributed by atoms with Gasteiger partial charge in [0.05, 0.1) is 0 Å². The fraction of sp³-hybridized carbons (Fsp3) is 0.333. The average molecular weight is 268 g/mol. The Hall–Kier alpha value is -1.64. The van der Waals surface area contributed by atoms with E-state index in [2.05, 4.69) is 0 Å². The fourth-order valence-electron chi connectivity index (χ4n) is 3.37. The summed E-state index contributed by atoms with van der Waals surface area (Å²) in [6.45, 7) is 0. The van der Waals surface area contributed by atoms with E-state index in [1.54, 1.807) is 0 Å². The van der Waals surface area contributed by atoms with Gasteiger partial charge in [0.25, 0.3) is 0 Å². The molecule has 0 amide bonds. The van der Waals surface area contributed by atoms with Gasteiger partial charge in [-0.25, -0.2) is 0 Å². The summed E-state index contributed by atoms with van der Waals surface area (Å²) in [5.41, 5.74) is -0.834. The molecular weight excluding hydrogens is 248 g/mol. The van der Waals surface area contributed by atoms with Crippen molar-refractivity contribution in [2.45, 2.75) is 36.9 Å². The van der Waals surface area contributed by atoms with Crippen molar-refractivity contribution in [1.29, 1.82) is 0 Å². The summed E-state index contributed by atoms with van der Waals surface area (Å²) in [7, 11) is 0. The quantitative estimate of drug-likeness (QED) is 0.877. The lowest BCUT2D eigenvalue weighted by Crippen LogP contribution is -2.51. The molecule has 2 aromatic rings. The standard InChI is InChI=1S/C18H20O2/c19-17(15-9-3-1-4-10-15)13-7-8-14-18(17,20)16-11-5-2-6-12-16/h1-6,9-12,19-20H,7-8,13-14H2/t17-,18-/m1/s1. The highest BCUT2D eigenvalue weighted by Crippen LogP contribution is 2.50. The van der Waals surface area contributed by atoms with Crippen molar-refractivity contribution >= 4 is 0 Å². The maximum absolute atomic E-state index is 11.3. The van der Waals surface area contributed by atoms with Crippen LogP contribution in [0.25, 0.3) is 0 Å². The van der Waals surface area contributed by atoms with Gasteiger partial charge < -0.3 is 10.2 Å². The highest BCUT2D eigenvalue weighted by Gasteiger charge is 2.52. The van der Waals surface area contributed by atoms with E-state index in [0.29, 0.717) is 12.8 Å². The Bertz CT molecular complexity index is 513. The molecule has 2 nitrogen and oxygen atoms in total. The van der Waals surface area contributed by atoms with E-state index >= 15 is 0 Å². The third-order valence-electron chi connectivity index (χ3n) is 4.51. The summed E-state index contributed by atoms with van der Waals surface area (Å²) in [5, 5.41) is 22.5. The number of benzene rings is 2. The van der Waals surface area contributed by atoms with Crippen molar-refractivity contribution in [2.24, 2.45) is 0 Å². The third-order valence-corrected chi connectivity index (χ3v) is 4.51. The molecule has 1 aliphatic carbocycles. The van der Waals surface area contributed by atoms with Crippen molar-refractivity contribution in [2.75, 3.05) is 0 Å². The van der Waals surface area contributed by atoms with Gasteiger partial charge in [0.1, 0.15) is 11.2 Å². The van der Waals surface area contributed by atoms with Crippen LogP contribution in [0.15, 0.2) is 60.7 Å². The first-order valence-electron chi connectivity index (χ1n) is 7.23. The molecular formula is C18H20O2. The lowest BCUT2D eigenvalue weighted by molar-refractivity contribution is -0.189. The predicted molar refractivity (Wildman–Crippen MR) is 79.1 cm³/mol. The molecule has 0 unspecified atom stereocenters. The van der Waals surface area contributed by atoms with Crippen molar-refractivity contribution < 1.29 is 10.2 Å². The predicted octanol–water partition coefficient (Wildman–Crippen LogP) is 3.34. The summed E-state index contributed by atoms with van der Waals surface area (Å²) in [6.07, 6.45) is 3.03. The Morgan fingerprint density at radius 2 is 0.950 bits per heavy atom. The van der Waals surface area contributed by atoms with E-state index in [0.717, 1.165) is 24.0 Å². The second-order valence-corrected chi connectivity index (χ2v) is 5.66. The minimum absolute atomic E-state index is 0.586. The minimum Gasteiger partial charge on any atom is -0.382 e. The Morgan fingerprint density at radius 1 is 0.600 bits per heavy atom. The van der Waals surface area contributed by atoms with Crippen LogP contribution in [-0.4, -0.2) is 10.2 Å². The number of hydrogen-bond donors (Lipinski definition) is 2. The molecule has 20 heavy (non-hydrogen) atoms. The molecule has 0 aliphatic heterocycles.